The van der Waals surface area contributed by atoms with Gasteiger partial charge < -0.3 is 14.8 Å². The third-order valence-corrected chi connectivity index (χ3v) is 3.12. The zero-order valence-electron chi connectivity index (χ0n) is 11.6. The number of fused-ring (bicyclic) bond motifs is 1. The SMILES string of the molecule is Cc1ccc2onc(CC(=O)Nc3c[nH]c(=O)[nH]c3=O)c2c1. The molecule has 22 heavy (non-hydrogen) atoms. The molecule has 0 aliphatic carbocycles. The summed E-state index contributed by atoms with van der Waals surface area (Å²) < 4.78 is 5.15. The lowest BCUT2D eigenvalue weighted by molar-refractivity contribution is -0.115. The molecular weight excluding hydrogens is 288 g/mol. The Labute approximate surface area is 123 Å². The average molecular weight is 300 g/mol. The Hall–Kier alpha value is -3.16. The summed E-state index contributed by atoms with van der Waals surface area (Å²) >= 11 is 0. The highest BCUT2D eigenvalue weighted by molar-refractivity contribution is 5.94. The maximum atomic E-state index is 12.0. The molecule has 1 aromatic carbocycles. The molecule has 0 saturated carbocycles. The number of aryl methyl sites for hydroxylation is 1. The summed E-state index contributed by atoms with van der Waals surface area (Å²) in [5.41, 5.74) is 0.759. The molecule has 0 atom stereocenters. The van der Waals surface area contributed by atoms with Crippen LogP contribution >= 0.6 is 0 Å². The molecule has 0 fully saturated rings. The Morgan fingerprint density at radius 1 is 1.36 bits per heavy atom. The summed E-state index contributed by atoms with van der Waals surface area (Å²) in [7, 11) is 0. The Bertz CT molecular complexity index is 967. The number of nitrogens with zero attached hydrogens (tertiary/aromatic N) is 1. The number of aromatic nitrogens is 3. The number of carbonyl (C=O) groups excluding carboxylic acids is 1. The standard InChI is InChI=1S/C14H12N4O4/c1-7-2-3-11-8(4-7)9(18-22-11)5-12(19)16-10-6-15-14(21)17-13(10)20/h2-4,6H,5H2,1H3,(H,16,19)(H2,15,17,20,21). The van der Waals surface area contributed by atoms with E-state index in [-0.39, 0.29) is 12.1 Å². The molecule has 0 spiro atoms. The Morgan fingerprint density at radius 3 is 2.95 bits per heavy atom. The number of amides is 1. The van der Waals surface area contributed by atoms with E-state index < -0.39 is 17.2 Å². The summed E-state index contributed by atoms with van der Waals surface area (Å²) in [5, 5.41) is 7.05. The molecule has 0 aliphatic rings. The van der Waals surface area contributed by atoms with E-state index in [1.165, 1.54) is 0 Å². The Kier molecular flexibility index (Phi) is 3.34. The predicted molar refractivity (Wildman–Crippen MR) is 78.8 cm³/mol. The van der Waals surface area contributed by atoms with Gasteiger partial charge in [0.25, 0.3) is 5.56 Å². The van der Waals surface area contributed by atoms with E-state index in [1.54, 1.807) is 6.07 Å². The molecule has 8 nitrogen and oxygen atoms in total. The summed E-state index contributed by atoms with van der Waals surface area (Å²) in [5.74, 6) is -0.436. The smallest absolute Gasteiger partial charge is 0.325 e. The zero-order chi connectivity index (χ0) is 15.7. The van der Waals surface area contributed by atoms with Crippen molar-refractivity contribution in [2.24, 2.45) is 0 Å². The maximum absolute atomic E-state index is 12.0. The molecule has 3 aromatic rings. The van der Waals surface area contributed by atoms with E-state index in [4.69, 9.17) is 4.52 Å². The van der Waals surface area contributed by atoms with Crippen molar-refractivity contribution in [3.05, 3.63) is 56.5 Å². The number of benzene rings is 1. The predicted octanol–water partition coefficient (Wildman–Crippen LogP) is 0.694. The fourth-order valence-corrected chi connectivity index (χ4v) is 2.08. The molecule has 2 aromatic heterocycles. The van der Waals surface area contributed by atoms with Gasteiger partial charge in [0.05, 0.1) is 6.42 Å². The lowest BCUT2D eigenvalue weighted by Crippen LogP contribution is -2.27. The number of rotatable bonds is 3. The van der Waals surface area contributed by atoms with Crippen molar-refractivity contribution >= 4 is 22.6 Å². The van der Waals surface area contributed by atoms with Crippen molar-refractivity contribution in [2.75, 3.05) is 5.32 Å². The van der Waals surface area contributed by atoms with Gasteiger partial charge in [-0.05, 0) is 19.1 Å². The third-order valence-electron chi connectivity index (χ3n) is 3.12. The second-order valence-corrected chi connectivity index (χ2v) is 4.84. The van der Waals surface area contributed by atoms with E-state index in [1.807, 2.05) is 24.0 Å². The van der Waals surface area contributed by atoms with Crippen LogP contribution in [0.4, 0.5) is 5.69 Å². The van der Waals surface area contributed by atoms with Crippen molar-refractivity contribution in [1.82, 2.24) is 15.1 Å². The van der Waals surface area contributed by atoms with E-state index in [0.29, 0.717) is 11.3 Å². The van der Waals surface area contributed by atoms with Crippen LogP contribution in [-0.4, -0.2) is 21.0 Å². The van der Waals surface area contributed by atoms with Crippen LogP contribution in [0.25, 0.3) is 11.0 Å². The zero-order valence-corrected chi connectivity index (χ0v) is 11.6. The van der Waals surface area contributed by atoms with Crippen molar-refractivity contribution < 1.29 is 9.32 Å². The van der Waals surface area contributed by atoms with Crippen molar-refractivity contribution in [2.45, 2.75) is 13.3 Å². The second kappa shape index (κ2) is 5.32. The number of hydrogen-bond acceptors (Lipinski definition) is 5. The highest BCUT2D eigenvalue weighted by Gasteiger charge is 2.13. The number of anilines is 1. The minimum absolute atomic E-state index is 0.0337. The van der Waals surface area contributed by atoms with Crippen molar-refractivity contribution in [3.8, 4) is 0 Å². The minimum Gasteiger partial charge on any atom is -0.356 e. The first-order valence-electron chi connectivity index (χ1n) is 6.50. The lowest BCUT2D eigenvalue weighted by Gasteiger charge is -2.02. The van der Waals surface area contributed by atoms with Crippen LogP contribution in [0, 0.1) is 6.92 Å². The van der Waals surface area contributed by atoms with Crippen LogP contribution in [0.1, 0.15) is 11.3 Å². The van der Waals surface area contributed by atoms with Gasteiger partial charge >= 0.3 is 5.69 Å². The molecule has 1 amide bonds. The van der Waals surface area contributed by atoms with Crippen molar-refractivity contribution in [3.63, 3.8) is 0 Å². The van der Waals surface area contributed by atoms with E-state index >= 15 is 0 Å². The van der Waals surface area contributed by atoms with Crippen LogP contribution in [-0.2, 0) is 11.2 Å². The first-order chi connectivity index (χ1) is 10.5. The number of carbonyl (C=O) groups is 1. The van der Waals surface area contributed by atoms with Gasteiger partial charge in [-0.1, -0.05) is 16.8 Å². The first-order valence-corrected chi connectivity index (χ1v) is 6.50. The third kappa shape index (κ3) is 2.66. The fraction of sp³-hybridized carbons (Fsp3) is 0.143. The van der Waals surface area contributed by atoms with Crippen LogP contribution in [0.2, 0.25) is 0 Å². The number of aromatic amines is 2. The monoisotopic (exact) mass is 300 g/mol. The first kappa shape index (κ1) is 13.8. The lowest BCUT2D eigenvalue weighted by atomic mass is 10.1. The Morgan fingerprint density at radius 2 is 2.18 bits per heavy atom. The molecule has 112 valence electrons. The largest absolute Gasteiger partial charge is 0.356 e. The quantitative estimate of drug-likeness (QED) is 0.657. The molecule has 3 N–H and O–H groups in total. The van der Waals surface area contributed by atoms with E-state index in [2.05, 4.69) is 15.5 Å². The van der Waals surface area contributed by atoms with Crippen LogP contribution in [0.3, 0.4) is 0 Å². The topological polar surface area (TPSA) is 121 Å². The summed E-state index contributed by atoms with van der Waals surface area (Å²) in [6.07, 6.45) is 1.10. The second-order valence-electron chi connectivity index (χ2n) is 4.84. The van der Waals surface area contributed by atoms with Gasteiger partial charge in [-0.25, -0.2) is 4.79 Å². The summed E-state index contributed by atoms with van der Waals surface area (Å²) in [6, 6.07) is 5.55. The van der Waals surface area contributed by atoms with Crippen LogP contribution in [0.15, 0.2) is 38.5 Å². The molecule has 0 aliphatic heterocycles. The van der Waals surface area contributed by atoms with Gasteiger partial charge in [0.15, 0.2) is 5.58 Å². The van der Waals surface area contributed by atoms with E-state index in [9.17, 15) is 14.4 Å². The van der Waals surface area contributed by atoms with Gasteiger partial charge in [-0.2, -0.15) is 0 Å². The normalized spacial score (nSPS) is 10.8. The summed E-state index contributed by atoms with van der Waals surface area (Å²) in [6.45, 7) is 1.93. The van der Waals surface area contributed by atoms with Gasteiger partial charge in [0.2, 0.25) is 5.91 Å². The summed E-state index contributed by atoms with van der Waals surface area (Å²) in [4.78, 5) is 38.7. The van der Waals surface area contributed by atoms with Crippen LogP contribution < -0.4 is 16.6 Å². The van der Waals surface area contributed by atoms with Gasteiger partial charge in [0.1, 0.15) is 11.4 Å². The maximum Gasteiger partial charge on any atom is 0.325 e. The number of nitrogens with one attached hydrogen (secondary N) is 3. The van der Waals surface area contributed by atoms with Crippen LogP contribution in [0.5, 0.6) is 0 Å². The molecule has 3 rings (SSSR count). The molecular formula is C14H12N4O4. The van der Waals surface area contributed by atoms with Crippen molar-refractivity contribution in [1.29, 1.82) is 0 Å². The molecule has 0 unspecified atom stereocenters. The number of hydrogen-bond donors (Lipinski definition) is 3. The minimum atomic E-state index is -0.669. The highest BCUT2D eigenvalue weighted by Crippen LogP contribution is 2.20. The van der Waals surface area contributed by atoms with E-state index in [0.717, 1.165) is 17.1 Å². The van der Waals surface area contributed by atoms with Gasteiger partial charge in [-0.15, -0.1) is 0 Å². The highest BCUT2D eigenvalue weighted by atomic mass is 16.5. The molecule has 8 heteroatoms. The average Bonchev–Trinajstić information content (AvgIpc) is 2.84. The van der Waals surface area contributed by atoms with Gasteiger partial charge in [-0.3, -0.25) is 14.6 Å². The van der Waals surface area contributed by atoms with Gasteiger partial charge in [0, 0.05) is 11.6 Å². The molecule has 0 radical (unpaired) electrons. The fourth-order valence-electron chi connectivity index (χ4n) is 2.08. The molecule has 0 saturated heterocycles. The molecule has 0 bridgehead atoms. The number of H-pyrrole nitrogens is 2. The Balaban J connectivity index is 1.82. The molecule has 2 heterocycles.